The van der Waals surface area contributed by atoms with Crippen molar-refractivity contribution in [2.45, 2.75) is 33.4 Å². The Kier molecular flexibility index (Phi) is 6.91. The molecule has 0 spiro atoms. The number of benzene rings is 1. The Morgan fingerprint density at radius 1 is 1.16 bits per heavy atom. The average molecular weight is 383 g/mol. The zero-order chi connectivity index (χ0) is 18.4. The summed E-state index contributed by atoms with van der Waals surface area (Å²) in [5.74, 6) is 0. The average Bonchev–Trinajstić information content (AvgIpc) is 2.59. The molecule has 0 saturated carbocycles. The fourth-order valence-electron chi connectivity index (χ4n) is 2.47. The van der Waals surface area contributed by atoms with Gasteiger partial charge in [0.2, 0.25) is 0 Å². The first-order valence-corrected chi connectivity index (χ1v) is 8.81. The molecule has 1 heterocycles. The number of carbonyl (C=O) groups is 1. The van der Waals surface area contributed by atoms with Crippen LogP contribution in [0.25, 0.3) is 11.3 Å². The molecule has 0 unspecified atom stereocenters. The van der Waals surface area contributed by atoms with Crippen LogP contribution in [0.2, 0.25) is 10.0 Å². The van der Waals surface area contributed by atoms with E-state index in [0.29, 0.717) is 34.6 Å². The molecule has 5 nitrogen and oxygen atoms in total. The number of alkyl carbamates (subject to hydrolysis) is 1. The van der Waals surface area contributed by atoms with E-state index in [9.17, 15) is 9.59 Å². The molecule has 25 heavy (non-hydrogen) atoms. The Morgan fingerprint density at radius 3 is 2.56 bits per heavy atom. The molecule has 0 fully saturated rings. The minimum atomic E-state index is -0.503. The van der Waals surface area contributed by atoms with Gasteiger partial charge in [-0.2, -0.15) is 0 Å². The summed E-state index contributed by atoms with van der Waals surface area (Å²) < 4.78 is 6.94. The summed E-state index contributed by atoms with van der Waals surface area (Å²) in [6, 6.07) is 8.27. The monoisotopic (exact) mass is 382 g/mol. The van der Waals surface area contributed by atoms with Crippen LogP contribution < -0.4 is 10.7 Å². The van der Waals surface area contributed by atoms with Crippen LogP contribution in [-0.4, -0.2) is 17.3 Å². The number of ether oxygens (including phenoxy) is 1. The van der Waals surface area contributed by atoms with Crippen molar-refractivity contribution in [2.24, 2.45) is 0 Å². The first-order chi connectivity index (χ1) is 12.0. The lowest BCUT2D eigenvalue weighted by Gasteiger charge is -2.18. The van der Waals surface area contributed by atoms with Crippen molar-refractivity contribution in [3.05, 3.63) is 56.3 Å². The molecule has 0 aliphatic heterocycles. The molecule has 0 atom stereocenters. The molecular weight excluding hydrogens is 363 g/mol. The molecule has 0 aliphatic rings. The molecule has 0 saturated heterocycles. The summed E-state index contributed by atoms with van der Waals surface area (Å²) >= 11 is 12.1. The number of hydrogen-bond donors (Lipinski definition) is 1. The van der Waals surface area contributed by atoms with Gasteiger partial charge in [0.15, 0.2) is 5.43 Å². The number of amides is 1. The first kappa shape index (κ1) is 19.3. The topological polar surface area (TPSA) is 60.3 Å². The van der Waals surface area contributed by atoms with E-state index < -0.39 is 6.09 Å². The first-order valence-electron chi connectivity index (χ1n) is 8.06. The number of hydrogen-bond acceptors (Lipinski definition) is 3. The molecule has 2 rings (SSSR count). The van der Waals surface area contributed by atoms with Crippen molar-refractivity contribution in [3.8, 4) is 11.3 Å². The largest absolute Gasteiger partial charge is 0.450 e. The Morgan fingerprint density at radius 2 is 1.92 bits per heavy atom. The predicted octanol–water partition coefficient (Wildman–Crippen LogP) is 4.48. The van der Waals surface area contributed by atoms with Crippen LogP contribution in [0.4, 0.5) is 4.79 Å². The maximum absolute atomic E-state index is 12.1. The third kappa shape index (κ3) is 5.00. The zero-order valence-corrected chi connectivity index (χ0v) is 15.7. The van der Waals surface area contributed by atoms with Gasteiger partial charge in [-0.15, -0.1) is 0 Å². The smallest absolute Gasteiger partial charge is 0.407 e. The summed E-state index contributed by atoms with van der Waals surface area (Å²) in [6.45, 7) is 5.06. The minimum absolute atomic E-state index is 0.149. The molecule has 134 valence electrons. The fraction of sp³-hybridized carbons (Fsp3) is 0.333. The lowest BCUT2D eigenvalue weighted by Crippen LogP contribution is -2.27. The van der Waals surface area contributed by atoms with E-state index in [-0.39, 0.29) is 12.0 Å². The predicted molar refractivity (Wildman–Crippen MR) is 100 cm³/mol. The SMILES string of the molecule is CCCOC(=O)NCc1cc(=O)cc(-c2ccc(Cl)c(Cl)c2)n1CC. The van der Waals surface area contributed by atoms with E-state index in [1.165, 1.54) is 6.07 Å². The Labute approximate surface area is 156 Å². The molecule has 0 bridgehead atoms. The van der Waals surface area contributed by atoms with Gasteiger partial charge in [-0.25, -0.2) is 4.79 Å². The summed E-state index contributed by atoms with van der Waals surface area (Å²) in [5.41, 5.74) is 2.03. The van der Waals surface area contributed by atoms with Gasteiger partial charge < -0.3 is 14.6 Å². The van der Waals surface area contributed by atoms with Gasteiger partial charge in [-0.1, -0.05) is 36.2 Å². The van der Waals surface area contributed by atoms with E-state index in [2.05, 4.69) is 5.32 Å². The number of halogens is 2. The number of aromatic nitrogens is 1. The normalized spacial score (nSPS) is 10.6. The summed E-state index contributed by atoms with van der Waals surface area (Å²) in [6.07, 6.45) is 0.247. The van der Waals surface area contributed by atoms with Crippen molar-refractivity contribution in [2.75, 3.05) is 6.61 Å². The molecular formula is C18H20Cl2N2O3. The Hall–Kier alpha value is -1.98. The third-order valence-electron chi connectivity index (χ3n) is 3.61. The molecule has 1 aromatic heterocycles. The number of nitrogens with one attached hydrogen (secondary N) is 1. The van der Waals surface area contributed by atoms with E-state index in [1.807, 2.05) is 24.5 Å². The molecule has 1 aromatic carbocycles. The lowest BCUT2D eigenvalue weighted by molar-refractivity contribution is 0.145. The zero-order valence-electron chi connectivity index (χ0n) is 14.1. The van der Waals surface area contributed by atoms with Crippen LogP contribution in [0.3, 0.4) is 0 Å². The number of carbonyl (C=O) groups excluding carboxylic acids is 1. The van der Waals surface area contributed by atoms with Crippen LogP contribution in [-0.2, 0) is 17.8 Å². The number of pyridine rings is 1. The second kappa shape index (κ2) is 8.92. The highest BCUT2D eigenvalue weighted by molar-refractivity contribution is 6.42. The van der Waals surface area contributed by atoms with Gasteiger partial charge in [0.05, 0.1) is 28.9 Å². The highest BCUT2D eigenvalue weighted by Gasteiger charge is 2.12. The quantitative estimate of drug-likeness (QED) is 0.800. The molecule has 1 amide bonds. The maximum atomic E-state index is 12.1. The summed E-state index contributed by atoms with van der Waals surface area (Å²) in [7, 11) is 0. The molecule has 7 heteroatoms. The van der Waals surface area contributed by atoms with Crippen LogP contribution >= 0.6 is 23.2 Å². The highest BCUT2D eigenvalue weighted by atomic mass is 35.5. The van der Waals surface area contributed by atoms with Gasteiger partial charge in [-0.3, -0.25) is 4.79 Å². The third-order valence-corrected chi connectivity index (χ3v) is 4.35. The molecule has 2 aromatic rings. The van der Waals surface area contributed by atoms with E-state index in [0.717, 1.165) is 12.0 Å². The van der Waals surface area contributed by atoms with Crippen LogP contribution in [0.15, 0.2) is 35.1 Å². The standard InChI is InChI=1S/C18H20Cl2N2O3/c1-3-7-25-18(24)21-11-13-9-14(23)10-17(22(13)4-2)12-5-6-15(19)16(20)8-12/h5-6,8-10H,3-4,7,11H2,1-2H3,(H,21,24). The minimum Gasteiger partial charge on any atom is -0.450 e. The van der Waals surface area contributed by atoms with Crippen molar-refractivity contribution < 1.29 is 9.53 Å². The van der Waals surface area contributed by atoms with E-state index in [4.69, 9.17) is 27.9 Å². The van der Waals surface area contributed by atoms with Crippen molar-refractivity contribution >= 4 is 29.3 Å². The summed E-state index contributed by atoms with van der Waals surface area (Å²) in [4.78, 5) is 23.7. The van der Waals surface area contributed by atoms with E-state index >= 15 is 0 Å². The highest BCUT2D eigenvalue weighted by Crippen LogP contribution is 2.28. The van der Waals surface area contributed by atoms with E-state index in [1.54, 1.807) is 18.2 Å². The van der Waals surface area contributed by atoms with Gasteiger partial charge in [0.25, 0.3) is 0 Å². The molecule has 0 aliphatic carbocycles. The van der Waals surface area contributed by atoms with Crippen molar-refractivity contribution in [1.82, 2.24) is 9.88 Å². The van der Waals surface area contributed by atoms with Crippen molar-refractivity contribution in [1.29, 1.82) is 0 Å². The molecule has 0 radical (unpaired) electrons. The lowest BCUT2D eigenvalue weighted by atomic mass is 10.1. The van der Waals surface area contributed by atoms with Gasteiger partial charge in [0.1, 0.15) is 0 Å². The van der Waals surface area contributed by atoms with Crippen LogP contribution in [0.1, 0.15) is 26.0 Å². The number of rotatable bonds is 6. The maximum Gasteiger partial charge on any atom is 0.407 e. The second-order valence-electron chi connectivity index (χ2n) is 5.43. The fourth-order valence-corrected chi connectivity index (χ4v) is 2.77. The Bertz CT molecular complexity index is 818. The second-order valence-corrected chi connectivity index (χ2v) is 6.24. The number of nitrogens with zero attached hydrogens (tertiary/aromatic N) is 1. The van der Waals surface area contributed by atoms with Gasteiger partial charge in [-0.05, 0) is 31.0 Å². The van der Waals surface area contributed by atoms with Gasteiger partial charge in [0, 0.05) is 24.4 Å². The van der Waals surface area contributed by atoms with Crippen molar-refractivity contribution in [3.63, 3.8) is 0 Å². The van der Waals surface area contributed by atoms with Crippen LogP contribution in [0.5, 0.6) is 0 Å². The Balaban J connectivity index is 2.35. The van der Waals surface area contributed by atoms with Crippen LogP contribution in [0, 0.1) is 0 Å². The summed E-state index contributed by atoms with van der Waals surface area (Å²) in [5, 5.41) is 3.54. The van der Waals surface area contributed by atoms with Gasteiger partial charge >= 0.3 is 6.09 Å². The molecule has 1 N–H and O–H groups in total.